The Morgan fingerprint density at radius 1 is 1.36 bits per heavy atom. The Balaban J connectivity index is 1.32. The van der Waals surface area contributed by atoms with Crippen molar-refractivity contribution in [2.45, 2.75) is 25.9 Å². The highest BCUT2D eigenvalue weighted by molar-refractivity contribution is 5.79. The number of nitrogens with one attached hydrogen (secondary N) is 2. The Labute approximate surface area is 167 Å². The van der Waals surface area contributed by atoms with E-state index >= 15 is 0 Å². The van der Waals surface area contributed by atoms with Crippen molar-refractivity contribution < 1.29 is 9.47 Å². The molecule has 1 fully saturated rings. The van der Waals surface area contributed by atoms with Gasteiger partial charge in [-0.3, -0.25) is 4.99 Å². The molecule has 2 N–H and O–H groups in total. The first-order chi connectivity index (χ1) is 13.8. The van der Waals surface area contributed by atoms with Crippen molar-refractivity contribution in [1.82, 2.24) is 20.2 Å². The van der Waals surface area contributed by atoms with Gasteiger partial charge in [0.15, 0.2) is 5.96 Å². The molecule has 7 nitrogen and oxygen atoms in total. The monoisotopic (exact) mass is 385 g/mol. The zero-order valence-electron chi connectivity index (χ0n) is 16.6. The lowest BCUT2D eigenvalue weighted by atomic mass is 10.1. The van der Waals surface area contributed by atoms with E-state index in [9.17, 15) is 0 Å². The van der Waals surface area contributed by atoms with Crippen LogP contribution in [-0.4, -0.2) is 55.5 Å². The van der Waals surface area contributed by atoms with Gasteiger partial charge in [0, 0.05) is 58.2 Å². The number of nitrogens with zero attached hydrogens (tertiary/aromatic N) is 3. The normalized spacial score (nSPS) is 17.0. The quantitative estimate of drug-likeness (QED) is 0.372. The second-order valence-electron chi connectivity index (χ2n) is 7.07. The first-order valence-corrected chi connectivity index (χ1v) is 9.97. The molecule has 1 atom stereocenters. The van der Waals surface area contributed by atoms with E-state index in [1.165, 1.54) is 11.1 Å². The van der Waals surface area contributed by atoms with Gasteiger partial charge >= 0.3 is 0 Å². The number of guanidine groups is 1. The molecule has 1 aromatic carbocycles. The molecule has 1 aliphatic rings. The molecule has 0 bridgehead atoms. The van der Waals surface area contributed by atoms with Gasteiger partial charge in [0.1, 0.15) is 0 Å². The third-order valence-electron chi connectivity index (χ3n) is 4.73. The van der Waals surface area contributed by atoms with Gasteiger partial charge in [0.05, 0.1) is 19.5 Å². The molecule has 2 aromatic rings. The number of hydrogen-bond donors (Lipinski definition) is 2. The molecule has 0 spiro atoms. The Hall–Kier alpha value is -2.38. The van der Waals surface area contributed by atoms with Crippen molar-refractivity contribution in [3.05, 3.63) is 54.1 Å². The summed E-state index contributed by atoms with van der Waals surface area (Å²) in [4.78, 5) is 8.38. The van der Waals surface area contributed by atoms with Crippen LogP contribution < -0.4 is 10.6 Å². The van der Waals surface area contributed by atoms with E-state index in [-0.39, 0.29) is 0 Å². The van der Waals surface area contributed by atoms with Crippen LogP contribution in [0, 0.1) is 5.92 Å². The fourth-order valence-corrected chi connectivity index (χ4v) is 3.18. The molecule has 2 heterocycles. The number of benzene rings is 1. The maximum Gasteiger partial charge on any atom is 0.191 e. The molecule has 1 aliphatic heterocycles. The zero-order chi connectivity index (χ0) is 19.4. The molecule has 0 radical (unpaired) electrons. The van der Waals surface area contributed by atoms with E-state index in [1.807, 2.05) is 12.5 Å². The van der Waals surface area contributed by atoms with Gasteiger partial charge in [-0.2, -0.15) is 0 Å². The largest absolute Gasteiger partial charge is 0.381 e. The first kappa shape index (κ1) is 20.4. The van der Waals surface area contributed by atoms with Crippen LogP contribution in [0.3, 0.4) is 0 Å². The van der Waals surface area contributed by atoms with Gasteiger partial charge in [-0.1, -0.05) is 24.3 Å². The highest BCUT2D eigenvalue weighted by Gasteiger charge is 2.15. The smallest absolute Gasteiger partial charge is 0.191 e. The average molecular weight is 386 g/mol. The molecule has 152 valence electrons. The van der Waals surface area contributed by atoms with Crippen LogP contribution in [0.2, 0.25) is 0 Å². The summed E-state index contributed by atoms with van der Waals surface area (Å²) < 4.78 is 13.2. The number of aliphatic imine (C=N–C) groups is 1. The Morgan fingerprint density at radius 2 is 2.29 bits per heavy atom. The van der Waals surface area contributed by atoms with Crippen LogP contribution in [-0.2, 0) is 22.6 Å². The summed E-state index contributed by atoms with van der Waals surface area (Å²) in [6.07, 6.45) is 7.69. The molecule has 0 amide bonds. The van der Waals surface area contributed by atoms with Crippen LogP contribution in [0.1, 0.15) is 24.0 Å². The molecule has 7 heteroatoms. The summed E-state index contributed by atoms with van der Waals surface area (Å²) >= 11 is 0. The summed E-state index contributed by atoms with van der Waals surface area (Å²) in [6.45, 7) is 5.69. The molecular formula is C21H31N5O2. The van der Waals surface area contributed by atoms with Gasteiger partial charge in [0.25, 0.3) is 0 Å². The van der Waals surface area contributed by atoms with Crippen LogP contribution in [0.4, 0.5) is 0 Å². The van der Waals surface area contributed by atoms with Crippen LogP contribution in [0.25, 0.3) is 0 Å². The molecule has 3 rings (SSSR count). The van der Waals surface area contributed by atoms with E-state index in [4.69, 9.17) is 9.47 Å². The number of ether oxygens (including phenoxy) is 2. The summed E-state index contributed by atoms with van der Waals surface area (Å²) in [5, 5.41) is 6.71. The number of imidazole rings is 1. The van der Waals surface area contributed by atoms with Gasteiger partial charge in [-0.25, -0.2) is 4.98 Å². The SMILES string of the molecule is CN=C(NCCCOCC1CCOC1)NCc1cccc(Cn2ccnc2)c1. The third-order valence-corrected chi connectivity index (χ3v) is 4.73. The summed E-state index contributed by atoms with van der Waals surface area (Å²) in [5.74, 6) is 1.39. The minimum atomic E-state index is 0.576. The first-order valence-electron chi connectivity index (χ1n) is 9.97. The van der Waals surface area contributed by atoms with Crippen LogP contribution in [0.15, 0.2) is 48.0 Å². The standard InChI is InChI=1S/C21H31N5O2/c1-22-21(24-7-3-10-27-15-20-6-11-28-16-20)25-13-18-4-2-5-19(12-18)14-26-9-8-23-17-26/h2,4-5,8-9,12,17,20H,3,6-7,10-11,13-16H2,1H3,(H2,22,24,25). The lowest BCUT2D eigenvalue weighted by Gasteiger charge is -2.13. The lowest BCUT2D eigenvalue weighted by Crippen LogP contribution is -2.37. The molecule has 0 saturated carbocycles. The van der Waals surface area contributed by atoms with E-state index in [0.717, 1.165) is 64.9 Å². The molecule has 28 heavy (non-hydrogen) atoms. The second kappa shape index (κ2) is 11.5. The maximum atomic E-state index is 5.73. The number of rotatable bonds is 10. The fourth-order valence-electron chi connectivity index (χ4n) is 3.18. The van der Waals surface area contributed by atoms with Gasteiger partial charge < -0.3 is 24.7 Å². The number of hydrogen-bond acceptors (Lipinski definition) is 4. The van der Waals surface area contributed by atoms with Crippen LogP contribution >= 0.6 is 0 Å². The predicted octanol–water partition coefficient (Wildman–Crippen LogP) is 2.04. The Kier molecular flexibility index (Phi) is 8.33. The molecule has 0 aliphatic carbocycles. The Morgan fingerprint density at radius 3 is 3.07 bits per heavy atom. The van der Waals surface area contributed by atoms with Crippen molar-refractivity contribution in [1.29, 1.82) is 0 Å². The van der Waals surface area contributed by atoms with Crippen molar-refractivity contribution >= 4 is 5.96 Å². The maximum absolute atomic E-state index is 5.73. The highest BCUT2D eigenvalue weighted by atomic mass is 16.5. The van der Waals surface area contributed by atoms with E-state index in [0.29, 0.717) is 5.92 Å². The van der Waals surface area contributed by atoms with Crippen molar-refractivity contribution in [2.24, 2.45) is 10.9 Å². The zero-order valence-corrected chi connectivity index (χ0v) is 16.6. The van der Waals surface area contributed by atoms with E-state index in [1.54, 1.807) is 13.2 Å². The van der Waals surface area contributed by atoms with Gasteiger partial charge in [-0.15, -0.1) is 0 Å². The lowest BCUT2D eigenvalue weighted by molar-refractivity contribution is 0.0888. The van der Waals surface area contributed by atoms with E-state index < -0.39 is 0 Å². The average Bonchev–Trinajstić information content (AvgIpc) is 3.41. The number of aromatic nitrogens is 2. The summed E-state index contributed by atoms with van der Waals surface area (Å²) in [6, 6.07) is 8.56. The third kappa shape index (κ3) is 6.98. The fraction of sp³-hybridized carbons (Fsp3) is 0.524. The van der Waals surface area contributed by atoms with Crippen LogP contribution in [0.5, 0.6) is 0 Å². The minimum absolute atomic E-state index is 0.576. The summed E-state index contributed by atoms with van der Waals surface area (Å²) in [5.41, 5.74) is 2.48. The van der Waals surface area contributed by atoms with Gasteiger partial charge in [-0.05, 0) is 24.0 Å². The van der Waals surface area contributed by atoms with Crippen molar-refractivity contribution in [2.75, 3.05) is 40.0 Å². The molecular weight excluding hydrogens is 354 g/mol. The van der Waals surface area contributed by atoms with Gasteiger partial charge in [0.2, 0.25) is 0 Å². The predicted molar refractivity (Wildman–Crippen MR) is 110 cm³/mol. The van der Waals surface area contributed by atoms with Crippen molar-refractivity contribution in [3.63, 3.8) is 0 Å². The topological polar surface area (TPSA) is 72.7 Å². The van der Waals surface area contributed by atoms with Crippen molar-refractivity contribution in [3.8, 4) is 0 Å². The highest BCUT2D eigenvalue weighted by Crippen LogP contribution is 2.12. The van der Waals surface area contributed by atoms with E-state index in [2.05, 4.69) is 49.4 Å². The Bertz CT molecular complexity index is 711. The second-order valence-corrected chi connectivity index (χ2v) is 7.07. The minimum Gasteiger partial charge on any atom is -0.381 e. The molecule has 1 saturated heterocycles. The molecule has 1 unspecified atom stereocenters. The molecule has 1 aromatic heterocycles. The summed E-state index contributed by atoms with van der Waals surface area (Å²) in [7, 11) is 1.79.